The van der Waals surface area contributed by atoms with Gasteiger partial charge in [0.25, 0.3) is 0 Å². The molecule has 4 nitrogen and oxygen atoms in total. The lowest BCUT2D eigenvalue weighted by molar-refractivity contribution is -0.120. The van der Waals surface area contributed by atoms with Crippen molar-refractivity contribution >= 4 is 5.91 Å². The van der Waals surface area contributed by atoms with Crippen molar-refractivity contribution in [2.24, 2.45) is 11.7 Å². The van der Waals surface area contributed by atoms with Gasteiger partial charge in [0.1, 0.15) is 0 Å². The quantitative estimate of drug-likeness (QED) is 0.275. The van der Waals surface area contributed by atoms with Gasteiger partial charge in [-0.25, -0.2) is 0 Å². The molecule has 0 aromatic heterocycles. The second-order valence-corrected chi connectivity index (χ2v) is 6.86. The molecule has 2 unspecified atom stereocenters. The van der Waals surface area contributed by atoms with Crippen LogP contribution >= 0.6 is 0 Å². The Labute approximate surface area is 148 Å². The molecule has 4 heteroatoms. The number of nitrogens with two attached hydrogens (primary N) is 1. The van der Waals surface area contributed by atoms with Crippen molar-refractivity contribution < 1.29 is 15.0 Å². The van der Waals surface area contributed by atoms with Crippen molar-refractivity contribution in [3.8, 4) is 0 Å². The molecule has 0 fully saturated rings. The molecule has 0 spiro atoms. The molecule has 0 saturated carbocycles. The molecular formula is C20H39NO3. The van der Waals surface area contributed by atoms with Gasteiger partial charge in [0.2, 0.25) is 5.91 Å². The highest BCUT2D eigenvalue weighted by Crippen LogP contribution is 2.13. The lowest BCUT2D eigenvalue weighted by Gasteiger charge is -2.16. The first-order valence-electron chi connectivity index (χ1n) is 9.85. The average molecular weight is 342 g/mol. The van der Waals surface area contributed by atoms with Gasteiger partial charge >= 0.3 is 0 Å². The maximum absolute atomic E-state index is 10.8. The summed E-state index contributed by atoms with van der Waals surface area (Å²) in [6.45, 7) is 2.02. The van der Waals surface area contributed by atoms with Crippen molar-refractivity contribution in [3.63, 3.8) is 0 Å². The second-order valence-electron chi connectivity index (χ2n) is 6.86. The Morgan fingerprint density at radius 3 is 1.92 bits per heavy atom. The third-order valence-corrected chi connectivity index (χ3v) is 4.49. The number of hydrogen-bond acceptors (Lipinski definition) is 3. The summed E-state index contributed by atoms with van der Waals surface area (Å²) in [7, 11) is 0. The predicted octanol–water partition coefficient (Wildman–Crippen LogP) is 4.09. The number of amides is 1. The van der Waals surface area contributed by atoms with Crippen molar-refractivity contribution in [1.82, 2.24) is 0 Å². The second kappa shape index (κ2) is 17.0. The van der Waals surface area contributed by atoms with E-state index in [2.05, 4.69) is 6.92 Å². The molecule has 0 saturated heterocycles. The summed E-state index contributed by atoms with van der Waals surface area (Å²) < 4.78 is 0. The van der Waals surface area contributed by atoms with Crippen LogP contribution in [0.5, 0.6) is 0 Å². The first kappa shape index (κ1) is 23.1. The van der Waals surface area contributed by atoms with Gasteiger partial charge in [0.05, 0.1) is 6.10 Å². The fourth-order valence-electron chi connectivity index (χ4n) is 2.87. The highest BCUT2D eigenvalue weighted by Gasteiger charge is 2.17. The SMILES string of the molecule is CCCCCCCCCCCCCC=CC(O)C(CO)CC(N)=O. The normalized spacial score (nSPS) is 14.1. The van der Waals surface area contributed by atoms with Gasteiger partial charge < -0.3 is 15.9 Å². The van der Waals surface area contributed by atoms with Crippen molar-refractivity contribution in [2.75, 3.05) is 6.61 Å². The lowest BCUT2D eigenvalue weighted by atomic mass is 9.98. The number of aliphatic hydroxyl groups is 2. The highest BCUT2D eigenvalue weighted by atomic mass is 16.3. The number of primary amides is 1. The molecule has 0 radical (unpaired) electrons. The summed E-state index contributed by atoms with van der Waals surface area (Å²) in [5, 5.41) is 19.0. The van der Waals surface area contributed by atoms with Crippen LogP contribution in [0.1, 0.15) is 90.4 Å². The van der Waals surface area contributed by atoms with E-state index in [9.17, 15) is 9.90 Å². The number of carbonyl (C=O) groups is 1. The molecule has 0 aliphatic heterocycles. The topological polar surface area (TPSA) is 83.6 Å². The van der Waals surface area contributed by atoms with Crippen LogP contribution in [0.2, 0.25) is 0 Å². The smallest absolute Gasteiger partial charge is 0.217 e. The van der Waals surface area contributed by atoms with Crippen LogP contribution in [0.4, 0.5) is 0 Å². The summed E-state index contributed by atoms with van der Waals surface area (Å²) >= 11 is 0. The fraction of sp³-hybridized carbons (Fsp3) is 0.850. The van der Waals surface area contributed by atoms with Crippen molar-refractivity contribution in [1.29, 1.82) is 0 Å². The fourth-order valence-corrected chi connectivity index (χ4v) is 2.87. The molecule has 142 valence electrons. The number of hydrogen-bond donors (Lipinski definition) is 3. The van der Waals surface area contributed by atoms with Gasteiger partial charge in [0, 0.05) is 18.9 Å². The van der Waals surface area contributed by atoms with E-state index in [4.69, 9.17) is 10.8 Å². The summed E-state index contributed by atoms with van der Waals surface area (Å²) in [6, 6.07) is 0. The number of allylic oxidation sites excluding steroid dienone is 1. The lowest BCUT2D eigenvalue weighted by Crippen LogP contribution is -2.27. The third kappa shape index (κ3) is 14.7. The zero-order valence-electron chi connectivity index (χ0n) is 15.6. The van der Waals surface area contributed by atoms with Crippen LogP contribution in [0.15, 0.2) is 12.2 Å². The minimum atomic E-state index is -0.796. The molecular weight excluding hydrogens is 302 g/mol. The van der Waals surface area contributed by atoms with Crippen LogP contribution in [0, 0.1) is 5.92 Å². The van der Waals surface area contributed by atoms with E-state index in [1.165, 1.54) is 64.2 Å². The summed E-state index contributed by atoms with van der Waals surface area (Å²) in [5.41, 5.74) is 5.10. The van der Waals surface area contributed by atoms with Crippen LogP contribution in [0.25, 0.3) is 0 Å². The van der Waals surface area contributed by atoms with E-state index >= 15 is 0 Å². The first-order chi connectivity index (χ1) is 11.6. The Morgan fingerprint density at radius 1 is 0.958 bits per heavy atom. The molecule has 0 rings (SSSR count). The van der Waals surface area contributed by atoms with Gasteiger partial charge in [-0.1, -0.05) is 83.3 Å². The van der Waals surface area contributed by atoms with Crippen molar-refractivity contribution in [3.05, 3.63) is 12.2 Å². The number of aliphatic hydroxyl groups excluding tert-OH is 2. The molecule has 0 heterocycles. The molecule has 2 atom stereocenters. The van der Waals surface area contributed by atoms with Crippen LogP contribution in [-0.4, -0.2) is 28.8 Å². The maximum atomic E-state index is 10.8. The summed E-state index contributed by atoms with van der Waals surface area (Å²) in [5.74, 6) is -0.983. The Morgan fingerprint density at radius 2 is 1.46 bits per heavy atom. The maximum Gasteiger partial charge on any atom is 0.217 e. The average Bonchev–Trinajstić information content (AvgIpc) is 2.56. The van der Waals surface area contributed by atoms with E-state index in [1.54, 1.807) is 6.08 Å². The van der Waals surface area contributed by atoms with Gasteiger partial charge in [-0.3, -0.25) is 4.79 Å². The van der Waals surface area contributed by atoms with Crippen molar-refractivity contribution in [2.45, 2.75) is 96.5 Å². The van der Waals surface area contributed by atoms with Gasteiger partial charge in [-0.15, -0.1) is 0 Å². The molecule has 0 bridgehead atoms. The third-order valence-electron chi connectivity index (χ3n) is 4.49. The standard InChI is InChI=1S/C20H39NO3/c1-2-3-4-5-6-7-8-9-10-11-12-13-14-15-19(23)18(17-22)16-20(21)24/h14-15,18-19,22-23H,2-13,16-17H2,1H3,(H2,21,24). The largest absolute Gasteiger partial charge is 0.396 e. The molecule has 0 aromatic rings. The van der Waals surface area contributed by atoms with E-state index in [-0.39, 0.29) is 13.0 Å². The summed E-state index contributed by atoms with van der Waals surface area (Å²) in [4.78, 5) is 10.8. The predicted molar refractivity (Wildman–Crippen MR) is 101 cm³/mol. The van der Waals surface area contributed by atoms with E-state index in [0.29, 0.717) is 0 Å². The number of carbonyl (C=O) groups excluding carboxylic acids is 1. The Bertz CT molecular complexity index is 318. The molecule has 4 N–H and O–H groups in total. The first-order valence-corrected chi connectivity index (χ1v) is 9.85. The number of unbranched alkanes of at least 4 members (excludes halogenated alkanes) is 11. The Kier molecular flexibility index (Phi) is 16.4. The van der Waals surface area contributed by atoms with E-state index in [1.807, 2.05) is 6.08 Å². The molecule has 0 aromatic carbocycles. The van der Waals surface area contributed by atoms with Gasteiger partial charge in [-0.2, -0.15) is 0 Å². The van der Waals surface area contributed by atoms with Crippen LogP contribution in [-0.2, 0) is 4.79 Å². The zero-order valence-corrected chi connectivity index (χ0v) is 15.6. The van der Waals surface area contributed by atoms with Crippen LogP contribution < -0.4 is 5.73 Å². The number of rotatable bonds is 17. The van der Waals surface area contributed by atoms with Crippen LogP contribution in [0.3, 0.4) is 0 Å². The molecule has 0 aliphatic rings. The molecule has 0 aliphatic carbocycles. The Hall–Kier alpha value is -0.870. The minimum absolute atomic E-state index is 0.0143. The van der Waals surface area contributed by atoms with Gasteiger partial charge in [0.15, 0.2) is 0 Å². The molecule has 1 amide bonds. The Balaban J connectivity index is 3.47. The molecule has 24 heavy (non-hydrogen) atoms. The zero-order chi connectivity index (χ0) is 18.0. The minimum Gasteiger partial charge on any atom is -0.396 e. The van der Waals surface area contributed by atoms with E-state index in [0.717, 1.165) is 12.8 Å². The van der Waals surface area contributed by atoms with E-state index < -0.39 is 17.9 Å². The highest BCUT2D eigenvalue weighted by molar-refractivity contribution is 5.74. The summed E-state index contributed by atoms with van der Waals surface area (Å²) in [6.07, 6.45) is 18.3. The van der Waals surface area contributed by atoms with Gasteiger partial charge in [-0.05, 0) is 12.8 Å². The monoisotopic (exact) mass is 341 g/mol.